The van der Waals surface area contributed by atoms with Crippen molar-refractivity contribution in [3.8, 4) is 0 Å². The fourth-order valence-corrected chi connectivity index (χ4v) is 4.23. The summed E-state index contributed by atoms with van der Waals surface area (Å²) in [5.41, 5.74) is 4.24. The van der Waals surface area contributed by atoms with Gasteiger partial charge >= 0.3 is 5.69 Å². The third kappa shape index (κ3) is 2.76. The van der Waals surface area contributed by atoms with Gasteiger partial charge in [-0.15, -0.1) is 0 Å². The van der Waals surface area contributed by atoms with Crippen molar-refractivity contribution in [3.63, 3.8) is 0 Å². The van der Waals surface area contributed by atoms with Gasteiger partial charge in [-0.3, -0.25) is 0 Å². The molecule has 0 bridgehead atoms. The molecule has 7 heteroatoms. The highest BCUT2D eigenvalue weighted by molar-refractivity contribution is 7.89. The first-order chi connectivity index (χ1) is 11.5. The van der Waals surface area contributed by atoms with E-state index < -0.39 is 10.0 Å². The number of aromatic amines is 2. The lowest BCUT2D eigenvalue weighted by atomic mass is 10.1. The van der Waals surface area contributed by atoms with E-state index in [2.05, 4.69) is 14.7 Å². The van der Waals surface area contributed by atoms with Crippen LogP contribution in [-0.2, 0) is 29.4 Å². The van der Waals surface area contributed by atoms with Gasteiger partial charge in [-0.25, -0.2) is 17.9 Å². The number of H-pyrrole nitrogens is 2. The van der Waals surface area contributed by atoms with E-state index in [4.69, 9.17) is 0 Å². The summed E-state index contributed by atoms with van der Waals surface area (Å²) in [6, 6.07) is 10.7. The van der Waals surface area contributed by atoms with Crippen LogP contribution in [0.25, 0.3) is 11.0 Å². The molecule has 124 valence electrons. The van der Waals surface area contributed by atoms with Gasteiger partial charge in [0.15, 0.2) is 0 Å². The zero-order valence-corrected chi connectivity index (χ0v) is 13.7. The van der Waals surface area contributed by atoms with Gasteiger partial charge in [-0.2, -0.15) is 0 Å². The predicted molar refractivity (Wildman–Crippen MR) is 91.4 cm³/mol. The van der Waals surface area contributed by atoms with Crippen LogP contribution in [0.3, 0.4) is 0 Å². The first-order valence-corrected chi connectivity index (χ1v) is 9.32. The van der Waals surface area contributed by atoms with Crippen LogP contribution in [0.4, 0.5) is 0 Å². The normalized spacial score (nSPS) is 14.2. The number of aryl methyl sites for hydroxylation is 2. The molecule has 0 atom stereocenters. The van der Waals surface area contributed by atoms with Crippen molar-refractivity contribution >= 4 is 21.1 Å². The quantitative estimate of drug-likeness (QED) is 0.674. The summed E-state index contributed by atoms with van der Waals surface area (Å²) in [4.78, 5) is 16.9. The Hall–Kier alpha value is -2.38. The maximum atomic E-state index is 12.5. The minimum Gasteiger partial charge on any atom is -0.306 e. The lowest BCUT2D eigenvalue weighted by molar-refractivity contribution is 0.581. The number of rotatable bonds is 4. The Kier molecular flexibility index (Phi) is 3.54. The van der Waals surface area contributed by atoms with E-state index >= 15 is 0 Å². The molecule has 0 radical (unpaired) electrons. The van der Waals surface area contributed by atoms with Gasteiger partial charge in [0.1, 0.15) is 0 Å². The number of nitrogens with one attached hydrogen (secondary N) is 3. The van der Waals surface area contributed by atoms with Crippen molar-refractivity contribution in [1.29, 1.82) is 0 Å². The highest BCUT2D eigenvalue weighted by Gasteiger charge is 2.18. The first kappa shape index (κ1) is 15.2. The molecular weight excluding hydrogens is 326 g/mol. The average Bonchev–Trinajstić information content (AvgIpc) is 3.16. The molecular formula is C17H17N3O3S. The van der Waals surface area contributed by atoms with Gasteiger partial charge in [-0.05, 0) is 60.2 Å². The average molecular weight is 343 g/mol. The molecule has 3 N–H and O–H groups in total. The maximum Gasteiger partial charge on any atom is 0.323 e. The van der Waals surface area contributed by atoms with Crippen molar-refractivity contribution in [3.05, 3.63) is 63.6 Å². The van der Waals surface area contributed by atoms with E-state index in [1.54, 1.807) is 30.3 Å². The highest BCUT2D eigenvalue weighted by Crippen LogP contribution is 2.24. The van der Waals surface area contributed by atoms with Crippen LogP contribution in [-0.4, -0.2) is 18.4 Å². The molecule has 0 unspecified atom stereocenters. The largest absolute Gasteiger partial charge is 0.323 e. The Morgan fingerprint density at radius 3 is 2.62 bits per heavy atom. The van der Waals surface area contributed by atoms with E-state index in [1.165, 1.54) is 5.56 Å². The second kappa shape index (κ2) is 5.61. The van der Waals surface area contributed by atoms with Crippen LogP contribution < -0.4 is 10.4 Å². The Morgan fingerprint density at radius 1 is 0.958 bits per heavy atom. The zero-order chi connectivity index (χ0) is 16.7. The number of hydrogen-bond acceptors (Lipinski definition) is 3. The lowest BCUT2D eigenvalue weighted by Crippen LogP contribution is -2.23. The topological polar surface area (TPSA) is 94.8 Å². The summed E-state index contributed by atoms with van der Waals surface area (Å²) >= 11 is 0. The zero-order valence-electron chi connectivity index (χ0n) is 12.9. The van der Waals surface area contributed by atoms with Crippen molar-refractivity contribution < 1.29 is 8.42 Å². The van der Waals surface area contributed by atoms with Gasteiger partial charge in [0.05, 0.1) is 15.9 Å². The number of sulfonamides is 1. The molecule has 3 aromatic rings. The van der Waals surface area contributed by atoms with Crippen LogP contribution >= 0.6 is 0 Å². The Morgan fingerprint density at radius 2 is 1.75 bits per heavy atom. The van der Waals surface area contributed by atoms with Crippen LogP contribution in [0.2, 0.25) is 0 Å². The standard InChI is InChI=1S/C17H17N3O3S/c21-17-19-15-7-4-11(8-16(15)20-17)10-18-24(22,23)14-6-5-12-2-1-3-13(12)9-14/h4-9,18H,1-3,10H2,(H2,19,20,21). The molecule has 1 aliphatic rings. The minimum atomic E-state index is -3.56. The SMILES string of the molecule is O=c1[nH]c2ccc(CNS(=O)(=O)c3ccc4c(c3)CCC4)cc2[nH]1. The molecule has 0 aliphatic heterocycles. The number of fused-ring (bicyclic) bond motifs is 2. The van der Waals surface area contributed by atoms with Gasteiger partial charge < -0.3 is 9.97 Å². The Bertz CT molecular complexity index is 1080. The van der Waals surface area contributed by atoms with Crippen molar-refractivity contribution in [2.24, 2.45) is 0 Å². The van der Waals surface area contributed by atoms with Crippen LogP contribution in [0.1, 0.15) is 23.1 Å². The van der Waals surface area contributed by atoms with Crippen molar-refractivity contribution in [1.82, 2.24) is 14.7 Å². The molecule has 0 saturated heterocycles. The van der Waals surface area contributed by atoms with Crippen molar-refractivity contribution in [2.75, 3.05) is 0 Å². The minimum absolute atomic E-state index is 0.169. The lowest BCUT2D eigenvalue weighted by Gasteiger charge is -2.09. The fourth-order valence-electron chi connectivity index (χ4n) is 3.17. The third-order valence-electron chi connectivity index (χ3n) is 4.43. The van der Waals surface area contributed by atoms with Gasteiger partial charge in [0.2, 0.25) is 10.0 Å². The summed E-state index contributed by atoms with van der Waals surface area (Å²) in [7, 11) is -3.56. The van der Waals surface area contributed by atoms with Crippen molar-refractivity contribution in [2.45, 2.75) is 30.7 Å². The number of imidazole rings is 1. The molecule has 1 aromatic heterocycles. The van der Waals surface area contributed by atoms with E-state index in [0.717, 1.165) is 30.4 Å². The maximum absolute atomic E-state index is 12.5. The molecule has 24 heavy (non-hydrogen) atoms. The first-order valence-electron chi connectivity index (χ1n) is 7.84. The fraction of sp³-hybridized carbons (Fsp3) is 0.235. The number of aromatic nitrogens is 2. The van der Waals surface area contributed by atoms with E-state index in [1.807, 2.05) is 6.07 Å². The summed E-state index contributed by atoms with van der Waals surface area (Å²) in [6.45, 7) is 0.169. The molecule has 0 amide bonds. The van der Waals surface area contributed by atoms with E-state index in [0.29, 0.717) is 15.9 Å². The predicted octanol–water partition coefficient (Wildman–Crippen LogP) is 1.82. The Balaban J connectivity index is 1.55. The highest BCUT2D eigenvalue weighted by atomic mass is 32.2. The number of hydrogen-bond donors (Lipinski definition) is 3. The molecule has 2 aromatic carbocycles. The van der Waals surface area contributed by atoms with Gasteiger partial charge in [0.25, 0.3) is 0 Å². The summed E-state index contributed by atoms with van der Waals surface area (Å²) in [5.74, 6) is 0. The molecule has 1 aliphatic carbocycles. The number of benzene rings is 2. The summed E-state index contributed by atoms with van der Waals surface area (Å²) in [5, 5.41) is 0. The summed E-state index contributed by atoms with van der Waals surface area (Å²) < 4.78 is 27.6. The molecule has 1 heterocycles. The monoisotopic (exact) mass is 343 g/mol. The molecule has 6 nitrogen and oxygen atoms in total. The molecule has 4 rings (SSSR count). The van der Waals surface area contributed by atoms with Gasteiger partial charge in [-0.1, -0.05) is 12.1 Å². The molecule has 0 spiro atoms. The van der Waals surface area contributed by atoms with Crippen LogP contribution in [0, 0.1) is 0 Å². The molecule has 0 fully saturated rings. The third-order valence-corrected chi connectivity index (χ3v) is 5.83. The summed E-state index contributed by atoms with van der Waals surface area (Å²) in [6.07, 6.45) is 3.05. The second-order valence-electron chi connectivity index (χ2n) is 6.07. The van der Waals surface area contributed by atoms with Crippen LogP contribution in [0.5, 0.6) is 0 Å². The Labute approximate surface area is 139 Å². The smallest absolute Gasteiger partial charge is 0.306 e. The van der Waals surface area contributed by atoms with Gasteiger partial charge in [0, 0.05) is 6.54 Å². The van der Waals surface area contributed by atoms with E-state index in [9.17, 15) is 13.2 Å². The molecule has 0 saturated carbocycles. The van der Waals surface area contributed by atoms with Crippen LogP contribution in [0.15, 0.2) is 46.1 Å². The second-order valence-corrected chi connectivity index (χ2v) is 7.83. The van der Waals surface area contributed by atoms with E-state index in [-0.39, 0.29) is 12.2 Å².